The highest BCUT2D eigenvalue weighted by Crippen LogP contribution is 2.12. The molecule has 0 aliphatic rings. The minimum Gasteiger partial charge on any atom is -0.497 e. The van der Waals surface area contributed by atoms with Gasteiger partial charge in [0.15, 0.2) is 9.84 Å². The van der Waals surface area contributed by atoms with E-state index in [4.69, 9.17) is 9.94 Å². The van der Waals surface area contributed by atoms with Crippen molar-refractivity contribution in [1.29, 1.82) is 0 Å². The van der Waals surface area contributed by atoms with Gasteiger partial charge in [-0.15, -0.1) is 0 Å². The highest BCUT2D eigenvalue weighted by Gasteiger charge is 2.12. The number of ether oxygens (including phenoxy) is 1. The zero-order chi connectivity index (χ0) is 12.2. The second-order valence-electron chi connectivity index (χ2n) is 3.35. The molecule has 0 saturated heterocycles. The molecule has 0 unspecified atom stereocenters. The molecule has 0 radical (unpaired) electrons. The monoisotopic (exact) mass is 243 g/mol. The van der Waals surface area contributed by atoms with Crippen LogP contribution in [0.5, 0.6) is 5.75 Å². The first-order chi connectivity index (χ1) is 7.46. The van der Waals surface area contributed by atoms with Gasteiger partial charge in [-0.3, -0.25) is 0 Å². The summed E-state index contributed by atoms with van der Waals surface area (Å²) in [4.78, 5) is 0. The van der Waals surface area contributed by atoms with Crippen molar-refractivity contribution in [3.8, 4) is 5.75 Å². The maximum atomic E-state index is 11.1. The number of hydrogen-bond acceptors (Lipinski definition) is 5. The van der Waals surface area contributed by atoms with Crippen LogP contribution in [0.1, 0.15) is 5.56 Å². The molecular weight excluding hydrogens is 230 g/mol. The number of oxime groups is 1. The van der Waals surface area contributed by atoms with Gasteiger partial charge in [0.1, 0.15) is 11.5 Å². The number of benzene rings is 1. The zero-order valence-electron chi connectivity index (χ0n) is 9.04. The van der Waals surface area contributed by atoms with Gasteiger partial charge in [0.05, 0.1) is 12.9 Å². The molecule has 0 spiro atoms. The Kier molecular flexibility index (Phi) is 3.89. The summed E-state index contributed by atoms with van der Waals surface area (Å²) in [5.41, 5.74) is 0.666. The summed E-state index contributed by atoms with van der Waals surface area (Å²) in [6.45, 7) is 0. The fourth-order valence-corrected chi connectivity index (χ4v) is 1.92. The van der Waals surface area contributed by atoms with Crippen LogP contribution in [0.2, 0.25) is 0 Å². The van der Waals surface area contributed by atoms with Gasteiger partial charge < -0.3 is 9.94 Å². The molecule has 1 aromatic carbocycles. The summed E-state index contributed by atoms with van der Waals surface area (Å²) in [6.07, 6.45) is 1.09. The van der Waals surface area contributed by atoms with Crippen LogP contribution in [-0.2, 0) is 9.84 Å². The van der Waals surface area contributed by atoms with Crippen molar-refractivity contribution < 1.29 is 18.4 Å². The predicted molar refractivity (Wildman–Crippen MR) is 61.0 cm³/mol. The minimum absolute atomic E-state index is 0.116. The molecule has 1 rings (SSSR count). The Bertz CT molecular complexity index is 476. The number of sulfone groups is 1. The molecule has 0 aliphatic carbocycles. The third kappa shape index (κ3) is 3.54. The Morgan fingerprint density at radius 3 is 2.31 bits per heavy atom. The lowest BCUT2D eigenvalue weighted by Gasteiger charge is -2.04. The van der Waals surface area contributed by atoms with Gasteiger partial charge in [0.25, 0.3) is 0 Å². The van der Waals surface area contributed by atoms with Gasteiger partial charge >= 0.3 is 0 Å². The summed E-state index contributed by atoms with van der Waals surface area (Å²) in [7, 11) is -1.69. The Morgan fingerprint density at radius 2 is 1.94 bits per heavy atom. The predicted octanol–water partition coefficient (Wildman–Crippen LogP) is 0.918. The highest BCUT2D eigenvalue weighted by atomic mass is 32.2. The molecule has 1 aromatic rings. The first-order valence-electron chi connectivity index (χ1n) is 4.49. The third-order valence-corrected chi connectivity index (χ3v) is 2.74. The molecule has 0 saturated carbocycles. The van der Waals surface area contributed by atoms with E-state index in [1.165, 1.54) is 7.11 Å². The number of hydrogen-bond donors (Lipinski definition) is 1. The lowest BCUT2D eigenvalue weighted by molar-refractivity contribution is 0.319. The van der Waals surface area contributed by atoms with E-state index in [1.54, 1.807) is 24.3 Å². The molecule has 0 fully saturated rings. The van der Waals surface area contributed by atoms with Crippen LogP contribution in [0.15, 0.2) is 29.4 Å². The standard InChI is InChI=1S/C10H13NO4S/c1-15-9-5-3-8(4-6-9)10(11-12)7-16(2,13)14/h3-6,12H,7H2,1-2H3. The fourth-order valence-electron chi connectivity index (χ4n) is 1.20. The molecule has 0 bridgehead atoms. The quantitative estimate of drug-likeness (QED) is 0.484. The second kappa shape index (κ2) is 4.98. The van der Waals surface area contributed by atoms with Gasteiger partial charge in [0, 0.05) is 11.8 Å². The van der Waals surface area contributed by atoms with Gasteiger partial charge in [-0.1, -0.05) is 5.16 Å². The van der Waals surface area contributed by atoms with Crippen molar-refractivity contribution in [3.05, 3.63) is 29.8 Å². The molecule has 0 amide bonds. The molecule has 88 valence electrons. The van der Waals surface area contributed by atoms with E-state index in [2.05, 4.69) is 5.16 Å². The Balaban J connectivity index is 2.97. The van der Waals surface area contributed by atoms with E-state index in [9.17, 15) is 8.42 Å². The van der Waals surface area contributed by atoms with E-state index in [1.807, 2.05) is 0 Å². The SMILES string of the molecule is COc1ccc(C(CS(C)(=O)=O)=NO)cc1. The second-order valence-corrected chi connectivity index (χ2v) is 5.49. The molecule has 0 aromatic heterocycles. The van der Waals surface area contributed by atoms with Gasteiger partial charge in [0.2, 0.25) is 0 Å². The molecule has 6 heteroatoms. The summed E-state index contributed by atoms with van der Waals surface area (Å²) in [6, 6.07) is 6.61. The number of rotatable bonds is 4. The average Bonchev–Trinajstić information content (AvgIpc) is 2.25. The van der Waals surface area contributed by atoms with Crippen LogP contribution in [-0.4, -0.2) is 38.5 Å². The Morgan fingerprint density at radius 1 is 1.38 bits per heavy atom. The molecular formula is C10H13NO4S. The van der Waals surface area contributed by atoms with E-state index in [-0.39, 0.29) is 11.5 Å². The van der Waals surface area contributed by atoms with Crippen LogP contribution < -0.4 is 4.74 Å². The normalized spacial score (nSPS) is 12.5. The van der Waals surface area contributed by atoms with Crippen LogP contribution in [0.25, 0.3) is 0 Å². The lowest BCUT2D eigenvalue weighted by Crippen LogP contribution is -2.15. The third-order valence-electron chi connectivity index (χ3n) is 1.94. The van der Waals surface area contributed by atoms with Crippen molar-refractivity contribution >= 4 is 15.5 Å². The van der Waals surface area contributed by atoms with Crippen molar-refractivity contribution in [2.24, 2.45) is 5.16 Å². The van der Waals surface area contributed by atoms with Gasteiger partial charge in [-0.25, -0.2) is 8.42 Å². The van der Waals surface area contributed by atoms with Crippen LogP contribution in [0.4, 0.5) is 0 Å². The van der Waals surface area contributed by atoms with Crippen molar-refractivity contribution in [3.63, 3.8) is 0 Å². The summed E-state index contributed by atoms with van der Waals surface area (Å²) in [5, 5.41) is 11.8. The maximum Gasteiger partial charge on any atom is 0.153 e. The molecule has 0 aliphatic heterocycles. The lowest BCUT2D eigenvalue weighted by atomic mass is 10.1. The number of nitrogens with zero attached hydrogens (tertiary/aromatic N) is 1. The van der Waals surface area contributed by atoms with E-state index in [0.29, 0.717) is 11.3 Å². The summed E-state index contributed by atoms with van der Waals surface area (Å²) < 4.78 is 27.1. The average molecular weight is 243 g/mol. The fraction of sp³-hybridized carbons (Fsp3) is 0.300. The minimum atomic E-state index is -3.22. The molecule has 5 nitrogen and oxygen atoms in total. The highest BCUT2D eigenvalue weighted by molar-refractivity contribution is 7.91. The van der Waals surface area contributed by atoms with Crippen molar-refractivity contribution in [2.45, 2.75) is 0 Å². The van der Waals surface area contributed by atoms with E-state index in [0.717, 1.165) is 6.26 Å². The Labute approximate surface area is 94.3 Å². The molecule has 0 heterocycles. The first kappa shape index (κ1) is 12.5. The van der Waals surface area contributed by atoms with Crippen LogP contribution >= 0.6 is 0 Å². The van der Waals surface area contributed by atoms with Crippen molar-refractivity contribution in [2.75, 3.05) is 19.1 Å². The first-order valence-corrected chi connectivity index (χ1v) is 6.55. The smallest absolute Gasteiger partial charge is 0.153 e. The maximum absolute atomic E-state index is 11.1. The van der Waals surface area contributed by atoms with E-state index < -0.39 is 9.84 Å². The summed E-state index contributed by atoms with van der Waals surface area (Å²) in [5.74, 6) is 0.357. The molecule has 1 N–H and O–H groups in total. The molecule has 16 heavy (non-hydrogen) atoms. The van der Waals surface area contributed by atoms with Crippen LogP contribution in [0, 0.1) is 0 Å². The largest absolute Gasteiger partial charge is 0.497 e. The summed E-state index contributed by atoms with van der Waals surface area (Å²) >= 11 is 0. The Hall–Kier alpha value is -1.56. The van der Waals surface area contributed by atoms with Gasteiger partial charge in [-0.05, 0) is 24.3 Å². The number of methoxy groups -OCH3 is 1. The van der Waals surface area contributed by atoms with Gasteiger partial charge in [-0.2, -0.15) is 0 Å². The van der Waals surface area contributed by atoms with Crippen molar-refractivity contribution in [1.82, 2.24) is 0 Å². The molecule has 0 atom stereocenters. The van der Waals surface area contributed by atoms with E-state index >= 15 is 0 Å². The zero-order valence-corrected chi connectivity index (χ0v) is 9.86. The van der Waals surface area contributed by atoms with Crippen LogP contribution in [0.3, 0.4) is 0 Å². The topological polar surface area (TPSA) is 76.0 Å².